The van der Waals surface area contributed by atoms with Crippen molar-refractivity contribution >= 4 is 23.4 Å². The topological polar surface area (TPSA) is 58.6 Å². The number of benzene rings is 2. The quantitative estimate of drug-likeness (QED) is 0.716. The lowest BCUT2D eigenvalue weighted by Gasteiger charge is -2.30. The number of para-hydroxylation sites is 1. The highest BCUT2D eigenvalue weighted by Gasteiger charge is 2.27. The van der Waals surface area contributed by atoms with Gasteiger partial charge in [0.1, 0.15) is 11.8 Å². The summed E-state index contributed by atoms with van der Waals surface area (Å²) in [5.41, 5.74) is 1.11. The van der Waals surface area contributed by atoms with Crippen molar-refractivity contribution in [3.05, 3.63) is 65.2 Å². The first-order valence-electron chi connectivity index (χ1n) is 8.99. The van der Waals surface area contributed by atoms with Crippen LogP contribution in [0, 0.1) is 0 Å². The van der Waals surface area contributed by atoms with E-state index in [2.05, 4.69) is 5.32 Å². The van der Waals surface area contributed by atoms with Gasteiger partial charge in [0, 0.05) is 13.6 Å². The van der Waals surface area contributed by atoms with E-state index in [0.717, 1.165) is 5.56 Å². The van der Waals surface area contributed by atoms with Crippen LogP contribution >= 0.6 is 11.6 Å². The number of likely N-dealkylation sites (N-methyl/N-ethyl adjacent to an activating group) is 1. The molecule has 0 saturated carbocycles. The van der Waals surface area contributed by atoms with E-state index in [-0.39, 0.29) is 18.4 Å². The first kappa shape index (κ1) is 20.8. The molecule has 144 valence electrons. The van der Waals surface area contributed by atoms with Crippen LogP contribution in [0.1, 0.15) is 18.9 Å². The van der Waals surface area contributed by atoms with Crippen LogP contribution in [0.2, 0.25) is 5.02 Å². The van der Waals surface area contributed by atoms with Gasteiger partial charge in [-0.3, -0.25) is 9.59 Å². The molecule has 2 aromatic rings. The molecule has 6 heteroatoms. The highest BCUT2D eigenvalue weighted by atomic mass is 35.5. The number of ether oxygens (including phenoxy) is 1. The van der Waals surface area contributed by atoms with Crippen molar-refractivity contribution in [2.45, 2.75) is 25.8 Å². The van der Waals surface area contributed by atoms with Gasteiger partial charge in [-0.05, 0) is 30.5 Å². The third kappa shape index (κ3) is 6.00. The van der Waals surface area contributed by atoms with Gasteiger partial charge in [0.2, 0.25) is 5.91 Å². The zero-order valence-electron chi connectivity index (χ0n) is 15.7. The maximum absolute atomic E-state index is 12.8. The van der Waals surface area contributed by atoms with Crippen molar-refractivity contribution in [2.24, 2.45) is 0 Å². The van der Waals surface area contributed by atoms with Crippen LogP contribution in [0.4, 0.5) is 0 Å². The van der Waals surface area contributed by atoms with Crippen molar-refractivity contribution in [3.8, 4) is 5.75 Å². The lowest BCUT2D eigenvalue weighted by atomic mass is 10.1. The Balaban J connectivity index is 2.10. The Kier molecular flexibility index (Phi) is 8.14. The van der Waals surface area contributed by atoms with Crippen LogP contribution in [-0.2, 0) is 16.0 Å². The first-order chi connectivity index (χ1) is 13.1. The van der Waals surface area contributed by atoms with Gasteiger partial charge in [-0.25, -0.2) is 0 Å². The van der Waals surface area contributed by atoms with Gasteiger partial charge < -0.3 is 15.0 Å². The van der Waals surface area contributed by atoms with E-state index in [1.807, 2.05) is 37.3 Å². The maximum atomic E-state index is 12.8. The van der Waals surface area contributed by atoms with E-state index < -0.39 is 6.04 Å². The van der Waals surface area contributed by atoms with E-state index in [0.29, 0.717) is 30.2 Å². The van der Waals surface area contributed by atoms with E-state index in [9.17, 15) is 9.59 Å². The summed E-state index contributed by atoms with van der Waals surface area (Å²) in [7, 11) is 1.57. The summed E-state index contributed by atoms with van der Waals surface area (Å²) in [4.78, 5) is 26.7. The highest BCUT2D eigenvalue weighted by Crippen LogP contribution is 2.23. The number of rotatable bonds is 9. The summed E-state index contributed by atoms with van der Waals surface area (Å²) in [6.07, 6.45) is 1.18. The third-order valence-corrected chi connectivity index (χ3v) is 4.62. The molecule has 0 saturated heterocycles. The smallest absolute Gasteiger partial charge is 0.261 e. The van der Waals surface area contributed by atoms with Crippen molar-refractivity contribution < 1.29 is 14.3 Å². The normalized spacial score (nSPS) is 11.5. The maximum Gasteiger partial charge on any atom is 0.261 e. The fraction of sp³-hybridized carbons (Fsp3) is 0.333. The Bertz CT molecular complexity index is 752. The molecule has 0 aliphatic carbocycles. The number of hydrogen-bond acceptors (Lipinski definition) is 3. The molecule has 0 spiro atoms. The molecule has 1 atom stereocenters. The lowest BCUT2D eigenvalue weighted by molar-refractivity contribution is -0.142. The van der Waals surface area contributed by atoms with Crippen molar-refractivity contribution in [1.29, 1.82) is 0 Å². The molecule has 0 unspecified atom stereocenters. The molecule has 0 radical (unpaired) electrons. The van der Waals surface area contributed by atoms with Crippen LogP contribution < -0.4 is 10.1 Å². The average Bonchev–Trinajstić information content (AvgIpc) is 2.70. The third-order valence-electron chi connectivity index (χ3n) is 4.30. The molecular weight excluding hydrogens is 364 g/mol. The number of carbonyl (C=O) groups is 2. The predicted octanol–water partition coefficient (Wildman–Crippen LogP) is 3.31. The monoisotopic (exact) mass is 388 g/mol. The van der Waals surface area contributed by atoms with E-state index in [1.165, 1.54) is 0 Å². The van der Waals surface area contributed by atoms with Crippen LogP contribution in [-0.4, -0.2) is 43.0 Å². The minimum Gasteiger partial charge on any atom is -0.482 e. The van der Waals surface area contributed by atoms with Crippen LogP contribution in [0.25, 0.3) is 0 Å². The van der Waals surface area contributed by atoms with Crippen molar-refractivity contribution in [2.75, 3.05) is 20.2 Å². The molecule has 27 heavy (non-hydrogen) atoms. The zero-order chi connectivity index (χ0) is 19.6. The zero-order valence-corrected chi connectivity index (χ0v) is 16.4. The largest absolute Gasteiger partial charge is 0.482 e. The molecule has 0 heterocycles. The van der Waals surface area contributed by atoms with Gasteiger partial charge in [0.25, 0.3) is 5.91 Å². The lowest BCUT2D eigenvalue weighted by Crippen LogP contribution is -2.50. The fourth-order valence-electron chi connectivity index (χ4n) is 2.85. The highest BCUT2D eigenvalue weighted by molar-refractivity contribution is 6.32. The molecule has 5 nitrogen and oxygen atoms in total. The van der Waals surface area contributed by atoms with Crippen molar-refractivity contribution in [3.63, 3.8) is 0 Å². The summed E-state index contributed by atoms with van der Waals surface area (Å²) in [6.45, 7) is 2.14. The number of carbonyl (C=O) groups excluding carboxylic acids is 2. The Morgan fingerprint density at radius 2 is 1.78 bits per heavy atom. The number of hydrogen-bond donors (Lipinski definition) is 1. The Hall–Kier alpha value is -2.53. The van der Waals surface area contributed by atoms with Gasteiger partial charge >= 0.3 is 0 Å². The summed E-state index contributed by atoms with van der Waals surface area (Å²) < 4.78 is 5.58. The van der Waals surface area contributed by atoms with E-state index in [4.69, 9.17) is 16.3 Å². The summed E-state index contributed by atoms with van der Waals surface area (Å²) >= 11 is 6.08. The van der Waals surface area contributed by atoms with Gasteiger partial charge in [0.05, 0.1) is 5.02 Å². The molecular formula is C21H25ClN2O3. The Morgan fingerprint density at radius 3 is 2.41 bits per heavy atom. The van der Waals surface area contributed by atoms with Crippen molar-refractivity contribution in [1.82, 2.24) is 10.2 Å². The standard InChI is InChI=1S/C21H25ClN2O3/c1-3-18(21(26)23-2)24(14-13-16-9-5-4-6-10-16)20(25)15-27-19-12-8-7-11-17(19)22/h4-12,18H,3,13-15H2,1-2H3,(H,23,26)/t18-/m1/s1. The fourth-order valence-corrected chi connectivity index (χ4v) is 3.04. The van der Waals surface area contributed by atoms with Gasteiger partial charge in [-0.15, -0.1) is 0 Å². The number of amides is 2. The molecule has 0 aliphatic rings. The second-order valence-electron chi connectivity index (χ2n) is 6.08. The first-order valence-corrected chi connectivity index (χ1v) is 9.37. The summed E-state index contributed by atoms with van der Waals surface area (Å²) in [5.74, 6) is 0.0153. The molecule has 0 bridgehead atoms. The Morgan fingerprint density at radius 1 is 1.11 bits per heavy atom. The predicted molar refractivity (Wildman–Crippen MR) is 107 cm³/mol. The molecule has 2 rings (SSSR count). The average molecular weight is 389 g/mol. The van der Waals surface area contributed by atoms with Crippen LogP contribution in [0.15, 0.2) is 54.6 Å². The minimum absolute atomic E-state index is 0.175. The summed E-state index contributed by atoms with van der Waals surface area (Å²) in [6, 6.07) is 16.3. The SMILES string of the molecule is CC[C@H](C(=O)NC)N(CCc1ccccc1)C(=O)COc1ccccc1Cl. The van der Waals surface area contributed by atoms with Gasteiger partial charge in [-0.2, -0.15) is 0 Å². The minimum atomic E-state index is -0.541. The molecule has 0 aliphatic heterocycles. The van der Waals surface area contributed by atoms with Gasteiger partial charge in [0.15, 0.2) is 6.61 Å². The van der Waals surface area contributed by atoms with Crippen LogP contribution in [0.5, 0.6) is 5.75 Å². The Labute approximate surface area is 165 Å². The van der Waals surface area contributed by atoms with E-state index in [1.54, 1.807) is 36.2 Å². The number of nitrogens with one attached hydrogen (secondary N) is 1. The molecule has 0 fully saturated rings. The molecule has 1 N–H and O–H groups in total. The van der Waals surface area contributed by atoms with Gasteiger partial charge in [-0.1, -0.05) is 61.0 Å². The van der Waals surface area contributed by atoms with Crippen LogP contribution in [0.3, 0.4) is 0 Å². The molecule has 2 aromatic carbocycles. The second kappa shape index (κ2) is 10.6. The molecule has 2 amide bonds. The van der Waals surface area contributed by atoms with E-state index >= 15 is 0 Å². The number of halogens is 1. The second-order valence-corrected chi connectivity index (χ2v) is 6.49. The summed E-state index contributed by atoms with van der Waals surface area (Å²) in [5, 5.41) is 3.08. The molecule has 0 aromatic heterocycles. The number of nitrogens with zero attached hydrogens (tertiary/aromatic N) is 1.